The lowest BCUT2D eigenvalue weighted by atomic mass is 9.89. The topological polar surface area (TPSA) is 56.0 Å². The standard InChI is InChI=1S/C11H11FN2O/c12-10-2-1-8(3-9(10)5-13)4-11(15)6-14-7-11/h1-3,14-15H,4,6-7H2. The van der Waals surface area contributed by atoms with Crippen LogP contribution in [0.1, 0.15) is 11.1 Å². The zero-order valence-corrected chi connectivity index (χ0v) is 8.13. The third-order valence-electron chi connectivity index (χ3n) is 2.59. The summed E-state index contributed by atoms with van der Waals surface area (Å²) < 4.78 is 13.0. The maximum Gasteiger partial charge on any atom is 0.140 e. The largest absolute Gasteiger partial charge is 0.387 e. The molecular formula is C11H11FN2O. The highest BCUT2D eigenvalue weighted by molar-refractivity contribution is 5.35. The highest BCUT2D eigenvalue weighted by atomic mass is 19.1. The van der Waals surface area contributed by atoms with Crippen molar-refractivity contribution in [3.05, 3.63) is 35.1 Å². The summed E-state index contributed by atoms with van der Waals surface area (Å²) >= 11 is 0. The van der Waals surface area contributed by atoms with Gasteiger partial charge in [-0.05, 0) is 17.7 Å². The van der Waals surface area contributed by atoms with Gasteiger partial charge in [-0.3, -0.25) is 0 Å². The third kappa shape index (κ3) is 1.99. The molecule has 0 atom stereocenters. The van der Waals surface area contributed by atoms with Crippen LogP contribution in [-0.4, -0.2) is 23.8 Å². The minimum Gasteiger partial charge on any atom is -0.387 e. The van der Waals surface area contributed by atoms with Gasteiger partial charge in [0, 0.05) is 19.5 Å². The number of hydrogen-bond donors (Lipinski definition) is 2. The predicted molar refractivity (Wildman–Crippen MR) is 52.6 cm³/mol. The lowest BCUT2D eigenvalue weighted by Gasteiger charge is -2.37. The second-order valence-electron chi connectivity index (χ2n) is 3.93. The van der Waals surface area contributed by atoms with E-state index in [1.54, 1.807) is 12.1 Å². The van der Waals surface area contributed by atoms with Crippen LogP contribution in [-0.2, 0) is 6.42 Å². The van der Waals surface area contributed by atoms with Crippen molar-refractivity contribution in [1.82, 2.24) is 5.32 Å². The Balaban J connectivity index is 2.19. The lowest BCUT2D eigenvalue weighted by Crippen LogP contribution is -2.60. The van der Waals surface area contributed by atoms with Crippen LogP contribution in [0, 0.1) is 17.1 Å². The monoisotopic (exact) mass is 206 g/mol. The molecule has 1 aliphatic heterocycles. The van der Waals surface area contributed by atoms with Crippen LogP contribution in [0.5, 0.6) is 0 Å². The first-order valence-electron chi connectivity index (χ1n) is 4.75. The number of nitriles is 1. The average Bonchev–Trinajstić information content (AvgIpc) is 2.18. The summed E-state index contributed by atoms with van der Waals surface area (Å²) in [4.78, 5) is 0. The summed E-state index contributed by atoms with van der Waals surface area (Å²) in [5.74, 6) is -0.514. The Hall–Kier alpha value is -1.44. The molecule has 0 amide bonds. The molecule has 0 aliphatic carbocycles. The fourth-order valence-electron chi connectivity index (χ4n) is 1.69. The molecule has 1 aromatic carbocycles. The highest BCUT2D eigenvalue weighted by Gasteiger charge is 2.34. The van der Waals surface area contributed by atoms with Crippen LogP contribution in [0.2, 0.25) is 0 Å². The molecule has 1 fully saturated rings. The zero-order chi connectivity index (χ0) is 10.9. The summed E-state index contributed by atoms with van der Waals surface area (Å²) in [6, 6.07) is 6.15. The molecule has 2 N–H and O–H groups in total. The van der Waals surface area contributed by atoms with Crippen molar-refractivity contribution in [3.63, 3.8) is 0 Å². The van der Waals surface area contributed by atoms with Gasteiger partial charge in [0.2, 0.25) is 0 Å². The summed E-state index contributed by atoms with van der Waals surface area (Å²) in [5.41, 5.74) is 0.0882. The second kappa shape index (κ2) is 3.61. The molecule has 0 unspecified atom stereocenters. The van der Waals surface area contributed by atoms with E-state index >= 15 is 0 Å². The first-order chi connectivity index (χ1) is 7.13. The highest BCUT2D eigenvalue weighted by Crippen LogP contribution is 2.19. The average molecular weight is 206 g/mol. The Morgan fingerprint density at radius 3 is 2.80 bits per heavy atom. The number of aliphatic hydroxyl groups is 1. The lowest BCUT2D eigenvalue weighted by molar-refractivity contribution is -0.00903. The van der Waals surface area contributed by atoms with Crippen LogP contribution in [0.15, 0.2) is 18.2 Å². The van der Waals surface area contributed by atoms with E-state index in [4.69, 9.17) is 5.26 Å². The van der Waals surface area contributed by atoms with E-state index in [1.165, 1.54) is 12.1 Å². The van der Waals surface area contributed by atoms with Crippen molar-refractivity contribution in [2.24, 2.45) is 0 Å². The first kappa shape index (κ1) is 10.1. The number of rotatable bonds is 2. The van der Waals surface area contributed by atoms with E-state index in [9.17, 15) is 9.50 Å². The van der Waals surface area contributed by atoms with Crippen LogP contribution in [0.4, 0.5) is 4.39 Å². The van der Waals surface area contributed by atoms with Crippen molar-refractivity contribution in [2.75, 3.05) is 13.1 Å². The van der Waals surface area contributed by atoms with Gasteiger partial charge in [-0.1, -0.05) is 6.07 Å². The molecule has 1 aromatic rings. The van der Waals surface area contributed by atoms with E-state index in [-0.39, 0.29) is 5.56 Å². The predicted octanol–water partition coefficient (Wildman–Crippen LogP) is 0.574. The molecule has 2 rings (SSSR count). The fraction of sp³-hybridized carbons (Fsp3) is 0.364. The van der Waals surface area contributed by atoms with Gasteiger partial charge in [-0.25, -0.2) is 4.39 Å². The minimum absolute atomic E-state index is 0.0309. The van der Waals surface area contributed by atoms with Crippen LogP contribution < -0.4 is 5.32 Å². The summed E-state index contributed by atoms with van der Waals surface area (Å²) in [5, 5.41) is 21.5. The Morgan fingerprint density at radius 1 is 1.53 bits per heavy atom. The van der Waals surface area contributed by atoms with E-state index < -0.39 is 11.4 Å². The van der Waals surface area contributed by atoms with Gasteiger partial charge in [0.1, 0.15) is 11.9 Å². The van der Waals surface area contributed by atoms with Crippen LogP contribution in [0.3, 0.4) is 0 Å². The molecule has 0 spiro atoms. The number of hydrogen-bond acceptors (Lipinski definition) is 3. The number of nitrogens with one attached hydrogen (secondary N) is 1. The van der Waals surface area contributed by atoms with Gasteiger partial charge >= 0.3 is 0 Å². The van der Waals surface area contributed by atoms with Gasteiger partial charge in [0.15, 0.2) is 0 Å². The molecule has 15 heavy (non-hydrogen) atoms. The summed E-state index contributed by atoms with van der Waals surface area (Å²) in [6.07, 6.45) is 0.453. The zero-order valence-electron chi connectivity index (χ0n) is 8.13. The van der Waals surface area contributed by atoms with Crippen molar-refractivity contribution in [1.29, 1.82) is 5.26 Å². The van der Waals surface area contributed by atoms with E-state index in [1.807, 2.05) is 0 Å². The number of benzene rings is 1. The molecule has 1 aliphatic rings. The Morgan fingerprint density at radius 2 is 2.27 bits per heavy atom. The Kier molecular flexibility index (Phi) is 2.43. The molecule has 0 bridgehead atoms. The Labute approximate surface area is 87.2 Å². The fourth-order valence-corrected chi connectivity index (χ4v) is 1.69. The number of β-amino-alcohol motifs (C(OH)–C–C–N with tert-alkyl or cyclic N) is 1. The van der Waals surface area contributed by atoms with Crippen LogP contribution in [0.25, 0.3) is 0 Å². The first-order valence-corrected chi connectivity index (χ1v) is 4.75. The SMILES string of the molecule is N#Cc1cc(CC2(O)CNC2)ccc1F. The van der Waals surface area contributed by atoms with E-state index in [2.05, 4.69) is 5.32 Å². The van der Waals surface area contributed by atoms with E-state index in [0.717, 1.165) is 5.56 Å². The van der Waals surface area contributed by atoms with Gasteiger partial charge in [0.25, 0.3) is 0 Å². The molecule has 1 heterocycles. The van der Waals surface area contributed by atoms with Crippen molar-refractivity contribution >= 4 is 0 Å². The van der Waals surface area contributed by atoms with Crippen molar-refractivity contribution < 1.29 is 9.50 Å². The van der Waals surface area contributed by atoms with Gasteiger partial charge in [0.05, 0.1) is 11.2 Å². The molecule has 4 heteroatoms. The summed E-state index contributed by atoms with van der Waals surface area (Å²) in [6.45, 7) is 1.10. The van der Waals surface area contributed by atoms with Crippen molar-refractivity contribution in [2.45, 2.75) is 12.0 Å². The van der Waals surface area contributed by atoms with E-state index in [0.29, 0.717) is 19.5 Å². The molecule has 0 saturated carbocycles. The molecule has 0 radical (unpaired) electrons. The maximum atomic E-state index is 13.0. The molecule has 3 nitrogen and oxygen atoms in total. The molecule has 1 saturated heterocycles. The van der Waals surface area contributed by atoms with Gasteiger partial charge in [-0.2, -0.15) is 5.26 Å². The normalized spacial score (nSPS) is 17.9. The van der Waals surface area contributed by atoms with Gasteiger partial charge < -0.3 is 10.4 Å². The van der Waals surface area contributed by atoms with Gasteiger partial charge in [-0.15, -0.1) is 0 Å². The van der Waals surface area contributed by atoms with Crippen molar-refractivity contribution in [3.8, 4) is 6.07 Å². The number of nitrogens with zero attached hydrogens (tertiary/aromatic N) is 1. The molecule has 0 aromatic heterocycles. The number of halogens is 1. The second-order valence-corrected chi connectivity index (χ2v) is 3.93. The quantitative estimate of drug-likeness (QED) is 0.744. The summed E-state index contributed by atoms with van der Waals surface area (Å²) in [7, 11) is 0. The minimum atomic E-state index is -0.732. The molecule has 78 valence electrons. The van der Waals surface area contributed by atoms with Crippen LogP contribution >= 0.6 is 0 Å². The smallest absolute Gasteiger partial charge is 0.140 e. The maximum absolute atomic E-state index is 13.0. The Bertz CT molecular complexity index is 421. The third-order valence-corrected chi connectivity index (χ3v) is 2.59. The molecular weight excluding hydrogens is 195 g/mol.